The van der Waals surface area contributed by atoms with Crippen molar-refractivity contribution in [3.8, 4) is 0 Å². The zero-order valence-corrected chi connectivity index (χ0v) is 13.6. The van der Waals surface area contributed by atoms with Crippen LogP contribution in [0.15, 0.2) is 0 Å². The lowest BCUT2D eigenvalue weighted by atomic mass is 9.97. The summed E-state index contributed by atoms with van der Waals surface area (Å²) in [7, 11) is 0. The van der Waals surface area contributed by atoms with E-state index in [4.69, 9.17) is 11.6 Å². The summed E-state index contributed by atoms with van der Waals surface area (Å²) >= 11 is 5.97. The van der Waals surface area contributed by atoms with E-state index in [0.717, 1.165) is 11.8 Å². The van der Waals surface area contributed by atoms with Crippen molar-refractivity contribution in [2.45, 2.75) is 97.3 Å². The van der Waals surface area contributed by atoms with E-state index in [1.165, 1.54) is 83.5 Å². The second kappa shape index (κ2) is 15.3. The van der Waals surface area contributed by atoms with Crippen LogP contribution in [-0.2, 0) is 0 Å². The first-order chi connectivity index (χ1) is 8.85. The Labute approximate surface area is 121 Å². The van der Waals surface area contributed by atoms with Crippen LogP contribution < -0.4 is 0 Å². The Hall–Kier alpha value is 0.290. The van der Waals surface area contributed by atoms with Gasteiger partial charge in [0.25, 0.3) is 0 Å². The van der Waals surface area contributed by atoms with Gasteiger partial charge in [-0.25, -0.2) is 0 Å². The summed E-state index contributed by atoms with van der Waals surface area (Å²) in [6.07, 6.45) is 18.3. The van der Waals surface area contributed by atoms with Gasteiger partial charge in [-0.05, 0) is 18.8 Å². The number of hydrogen-bond donors (Lipinski definition) is 0. The molecule has 0 aromatic rings. The van der Waals surface area contributed by atoms with E-state index in [9.17, 15) is 0 Å². The monoisotopic (exact) mass is 274 g/mol. The molecule has 0 heterocycles. The van der Waals surface area contributed by atoms with Gasteiger partial charge < -0.3 is 0 Å². The molecule has 0 fully saturated rings. The Balaban J connectivity index is 3.10. The largest absolute Gasteiger partial charge is 0.126 e. The molecule has 0 N–H and O–H groups in total. The van der Waals surface area contributed by atoms with Crippen LogP contribution in [-0.4, -0.2) is 5.88 Å². The first kappa shape index (κ1) is 18.3. The maximum Gasteiger partial charge on any atom is 0.0251 e. The van der Waals surface area contributed by atoms with Gasteiger partial charge in [-0.1, -0.05) is 84.5 Å². The van der Waals surface area contributed by atoms with Crippen LogP contribution in [0.4, 0.5) is 0 Å². The van der Waals surface area contributed by atoms with E-state index in [1.807, 2.05) is 0 Å². The van der Waals surface area contributed by atoms with Gasteiger partial charge in [0, 0.05) is 5.88 Å². The van der Waals surface area contributed by atoms with Crippen LogP contribution in [0.3, 0.4) is 0 Å². The Kier molecular flexibility index (Phi) is 15.6. The zero-order valence-electron chi connectivity index (χ0n) is 12.9. The van der Waals surface area contributed by atoms with Crippen molar-refractivity contribution in [3.05, 3.63) is 0 Å². The van der Waals surface area contributed by atoms with Gasteiger partial charge in [0.1, 0.15) is 0 Å². The average molecular weight is 275 g/mol. The van der Waals surface area contributed by atoms with Gasteiger partial charge >= 0.3 is 0 Å². The highest BCUT2D eigenvalue weighted by molar-refractivity contribution is 6.18. The molecule has 0 aliphatic carbocycles. The van der Waals surface area contributed by atoms with E-state index in [-0.39, 0.29) is 0 Å². The van der Waals surface area contributed by atoms with Crippen LogP contribution >= 0.6 is 11.6 Å². The topological polar surface area (TPSA) is 0 Å². The lowest BCUT2D eigenvalue weighted by Gasteiger charge is -2.11. The Bertz CT molecular complexity index is 145. The number of unbranched alkanes of at least 4 members (excludes halogenated alkanes) is 9. The van der Waals surface area contributed by atoms with E-state index in [2.05, 4.69) is 13.8 Å². The molecule has 0 spiro atoms. The second-order valence-electron chi connectivity index (χ2n) is 5.78. The van der Waals surface area contributed by atoms with Crippen molar-refractivity contribution in [3.63, 3.8) is 0 Å². The summed E-state index contributed by atoms with van der Waals surface area (Å²) in [6, 6.07) is 0. The minimum atomic E-state index is 0.783. The summed E-state index contributed by atoms with van der Waals surface area (Å²) in [4.78, 5) is 0. The van der Waals surface area contributed by atoms with Crippen LogP contribution in [0, 0.1) is 5.92 Å². The van der Waals surface area contributed by atoms with Gasteiger partial charge in [-0.2, -0.15) is 0 Å². The van der Waals surface area contributed by atoms with Gasteiger partial charge in [-0.15, -0.1) is 11.6 Å². The van der Waals surface area contributed by atoms with E-state index in [1.54, 1.807) is 0 Å². The first-order valence-corrected chi connectivity index (χ1v) is 8.94. The van der Waals surface area contributed by atoms with Crippen LogP contribution in [0.25, 0.3) is 0 Å². The molecule has 0 aromatic carbocycles. The quantitative estimate of drug-likeness (QED) is 0.237. The standard InChI is InChI=1S/C17H35Cl/c1-3-5-6-7-8-9-10-11-12-13-15-17(16-18)14-4-2/h17H,3-16H2,1-2H3. The average Bonchev–Trinajstić information content (AvgIpc) is 2.39. The minimum Gasteiger partial charge on any atom is -0.126 e. The Morgan fingerprint density at radius 2 is 1.11 bits per heavy atom. The molecule has 0 aliphatic heterocycles. The SMILES string of the molecule is CCCCCCCCCCCCC(CCl)CCC. The lowest BCUT2D eigenvalue weighted by molar-refractivity contribution is 0.454. The van der Waals surface area contributed by atoms with Gasteiger partial charge in [-0.3, -0.25) is 0 Å². The fourth-order valence-corrected chi connectivity index (χ4v) is 2.94. The molecule has 0 rings (SSSR count). The molecule has 0 nitrogen and oxygen atoms in total. The zero-order chi connectivity index (χ0) is 13.5. The van der Waals surface area contributed by atoms with Crippen molar-refractivity contribution < 1.29 is 0 Å². The number of alkyl halides is 1. The molecule has 0 aliphatic rings. The molecule has 0 saturated heterocycles. The normalized spacial score (nSPS) is 12.8. The lowest BCUT2D eigenvalue weighted by Crippen LogP contribution is -2.01. The Morgan fingerprint density at radius 3 is 1.56 bits per heavy atom. The first-order valence-electron chi connectivity index (χ1n) is 8.41. The molecule has 1 unspecified atom stereocenters. The van der Waals surface area contributed by atoms with Gasteiger partial charge in [0.05, 0.1) is 0 Å². The van der Waals surface area contributed by atoms with Crippen molar-refractivity contribution in [2.24, 2.45) is 5.92 Å². The van der Waals surface area contributed by atoms with Crippen LogP contribution in [0.2, 0.25) is 0 Å². The molecule has 0 amide bonds. The minimum absolute atomic E-state index is 0.783. The van der Waals surface area contributed by atoms with Gasteiger partial charge in [0.15, 0.2) is 0 Å². The van der Waals surface area contributed by atoms with Crippen molar-refractivity contribution in [1.29, 1.82) is 0 Å². The van der Waals surface area contributed by atoms with E-state index >= 15 is 0 Å². The summed E-state index contributed by atoms with van der Waals surface area (Å²) in [5.74, 6) is 1.65. The smallest absolute Gasteiger partial charge is 0.0251 e. The number of rotatable bonds is 14. The third kappa shape index (κ3) is 12.7. The highest BCUT2D eigenvalue weighted by atomic mass is 35.5. The third-order valence-electron chi connectivity index (χ3n) is 3.88. The third-order valence-corrected chi connectivity index (χ3v) is 4.32. The molecule has 1 heteroatoms. The van der Waals surface area contributed by atoms with E-state index < -0.39 is 0 Å². The number of hydrogen-bond acceptors (Lipinski definition) is 0. The molecule has 1 atom stereocenters. The maximum absolute atomic E-state index is 5.97. The van der Waals surface area contributed by atoms with Crippen molar-refractivity contribution in [1.82, 2.24) is 0 Å². The highest BCUT2D eigenvalue weighted by Gasteiger charge is 2.05. The summed E-state index contributed by atoms with van der Waals surface area (Å²) in [6.45, 7) is 4.55. The predicted octanol–water partition coefficient (Wildman–Crippen LogP) is 6.95. The Morgan fingerprint density at radius 1 is 0.611 bits per heavy atom. The molecular formula is C17H35Cl. The second-order valence-corrected chi connectivity index (χ2v) is 6.09. The van der Waals surface area contributed by atoms with Crippen LogP contribution in [0.5, 0.6) is 0 Å². The molecule has 0 saturated carbocycles. The van der Waals surface area contributed by atoms with Crippen molar-refractivity contribution in [2.75, 3.05) is 5.88 Å². The van der Waals surface area contributed by atoms with Crippen LogP contribution in [0.1, 0.15) is 97.3 Å². The fourth-order valence-electron chi connectivity index (χ4n) is 2.63. The summed E-state index contributed by atoms with van der Waals surface area (Å²) in [5.41, 5.74) is 0. The number of halogens is 1. The molecule has 110 valence electrons. The summed E-state index contributed by atoms with van der Waals surface area (Å²) < 4.78 is 0. The maximum atomic E-state index is 5.97. The van der Waals surface area contributed by atoms with Gasteiger partial charge in [0.2, 0.25) is 0 Å². The fraction of sp³-hybridized carbons (Fsp3) is 1.00. The van der Waals surface area contributed by atoms with E-state index in [0.29, 0.717) is 0 Å². The predicted molar refractivity (Wildman–Crippen MR) is 85.6 cm³/mol. The molecule has 0 radical (unpaired) electrons. The highest BCUT2D eigenvalue weighted by Crippen LogP contribution is 2.18. The van der Waals surface area contributed by atoms with Crippen molar-refractivity contribution >= 4 is 11.6 Å². The molecule has 18 heavy (non-hydrogen) atoms. The molecule has 0 aromatic heterocycles. The summed E-state index contributed by atoms with van der Waals surface area (Å²) in [5, 5.41) is 0. The molecular weight excluding hydrogens is 240 g/mol. The molecule has 0 bridgehead atoms.